The van der Waals surface area contributed by atoms with Crippen molar-refractivity contribution in [1.29, 1.82) is 0 Å². The standard InChI is InChI=1S/C17H23NO3/c1-18(13-15-5-2-6-15)10-11-21-16-7-3-4-14(12-16)8-9-17(19)20/h3-4,7-9,12,15H,2,5-6,10-11,13H2,1H3,(H,19,20). The fraction of sp³-hybridized carbons (Fsp3) is 0.471. The average molecular weight is 289 g/mol. The molecule has 21 heavy (non-hydrogen) atoms. The Morgan fingerprint density at radius 2 is 2.29 bits per heavy atom. The van der Waals surface area contributed by atoms with Crippen LogP contribution in [-0.2, 0) is 4.79 Å². The Labute approximate surface area is 126 Å². The molecular weight excluding hydrogens is 266 g/mol. The number of ether oxygens (including phenoxy) is 1. The van der Waals surface area contributed by atoms with Crippen molar-refractivity contribution >= 4 is 12.0 Å². The van der Waals surface area contributed by atoms with Gasteiger partial charge in [0.25, 0.3) is 0 Å². The highest BCUT2D eigenvalue weighted by Gasteiger charge is 2.18. The van der Waals surface area contributed by atoms with Crippen LogP contribution in [0, 0.1) is 5.92 Å². The predicted molar refractivity (Wildman–Crippen MR) is 83.4 cm³/mol. The van der Waals surface area contributed by atoms with E-state index < -0.39 is 5.97 Å². The van der Waals surface area contributed by atoms with Crippen LogP contribution in [-0.4, -0.2) is 42.7 Å². The van der Waals surface area contributed by atoms with Gasteiger partial charge >= 0.3 is 5.97 Å². The highest BCUT2D eigenvalue weighted by Crippen LogP contribution is 2.26. The first-order valence-corrected chi connectivity index (χ1v) is 7.46. The lowest BCUT2D eigenvalue weighted by Gasteiger charge is -2.30. The van der Waals surface area contributed by atoms with Crippen molar-refractivity contribution in [2.45, 2.75) is 19.3 Å². The Balaban J connectivity index is 1.74. The quantitative estimate of drug-likeness (QED) is 0.748. The van der Waals surface area contributed by atoms with Crippen LogP contribution in [0.3, 0.4) is 0 Å². The van der Waals surface area contributed by atoms with Gasteiger partial charge in [-0.3, -0.25) is 0 Å². The SMILES string of the molecule is CN(CCOc1cccc(C=CC(=O)O)c1)CC1CCC1. The summed E-state index contributed by atoms with van der Waals surface area (Å²) >= 11 is 0. The van der Waals surface area contributed by atoms with Crippen LogP contribution in [0.15, 0.2) is 30.3 Å². The van der Waals surface area contributed by atoms with Gasteiger partial charge < -0.3 is 14.7 Å². The predicted octanol–water partition coefficient (Wildman–Crippen LogP) is 2.90. The zero-order chi connectivity index (χ0) is 15.1. The minimum absolute atomic E-state index is 0.648. The number of carboxylic acid groups (broad SMARTS) is 1. The Bertz CT molecular complexity index is 495. The highest BCUT2D eigenvalue weighted by molar-refractivity contribution is 5.85. The molecular formula is C17H23NO3. The van der Waals surface area contributed by atoms with Crippen molar-refractivity contribution < 1.29 is 14.6 Å². The molecule has 0 saturated heterocycles. The summed E-state index contributed by atoms with van der Waals surface area (Å²) < 4.78 is 5.73. The fourth-order valence-corrected chi connectivity index (χ4v) is 2.40. The minimum Gasteiger partial charge on any atom is -0.492 e. The van der Waals surface area contributed by atoms with Gasteiger partial charge in [-0.1, -0.05) is 18.6 Å². The number of nitrogens with zero attached hydrogens (tertiary/aromatic N) is 1. The van der Waals surface area contributed by atoms with E-state index in [4.69, 9.17) is 9.84 Å². The lowest BCUT2D eigenvalue weighted by Crippen LogP contribution is -2.32. The van der Waals surface area contributed by atoms with E-state index in [-0.39, 0.29) is 0 Å². The number of carbonyl (C=O) groups is 1. The summed E-state index contributed by atoms with van der Waals surface area (Å²) in [4.78, 5) is 12.8. The molecule has 2 rings (SSSR count). The van der Waals surface area contributed by atoms with Gasteiger partial charge in [-0.15, -0.1) is 0 Å². The monoisotopic (exact) mass is 289 g/mol. The molecule has 0 unspecified atom stereocenters. The Morgan fingerprint density at radius 1 is 1.48 bits per heavy atom. The molecule has 4 nitrogen and oxygen atoms in total. The van der Waals surface area contributed by atoms with Gasteiger partial charge in [0, 0.05) is 19.2 Å². The summed E-state index contributed by atoms with van der Waals surface area (Å²) in [6.07, 6.45) is 6.81. The highest BCUT2D eigenvalue weighted by atomic mass is 16.5. The molecule has 0 bridgehead atoms. The van der Waals surface area contributed by atoms with E-state index in [0.29, 0.717) is 6.61 Å². The first-order chi connectivity index (χ1) is 10.1. The minimum atomic E-state index is -0.945. The topological polar surface area (TPSA) is 49.8 Å². The van der Waals surface area contributed by atoms with Crippen molar-refractivity contribution in [3.63, 3.8) is 0 Å². The zero-order valence-corrected chi connectivity index (χ0v) is 12.5. The number of hydrogen-bond donors (Lipinski definition) is 1. The molecule has 0 aromatic heterocycles. The van der Waals surface area contributed by atoms with E-state index in [0.717, 1.165) is 36.4 Å². The first-order valence-electron chi connectivity index (χ1n) is 7.46. The summed E-state index contributed by atoms with van der Waals surface area (Å²) in [5.74, 6) is 0.706. The Morgan fingerprint density at radius 3 is 2.95 bits per heavy atom. The van der Waals surface area contributed by atoms with Gasteiger partial charge in [-0.25, -0.2) is 4.79 Å². The summed E-state index contributed by atoms with van der Waals surface area (Å²) in [6.45, 7) is 2.71. The molecule has 1 aromatic rings. The van der Waals surface area contributed by atoms with Crippen LogP contribution in [0.25, 0.3) is 6.08 Å². The van der Waals surface area contributed by atoms with E-state index in [2.05, 4.69) is 11.9 Å². The molecule has 0 radical (unpaired) electrons. The maximum Gasteiger partial charge on any atom is 0.328 e. The van der Waals surface area contributed by atoms with Crippen LogP contribution in [0.4, 0.5) is 0 Å². The van der Waals surface area contributed by atoms with Crippen molar-refractivity contribution in [3.8, 4) is 5.75 Å². The Hall–Kier alpha value is -1.81. The molecule has 1 aliphatic carbocycles. The smallest absolute Gasteiger partial charge is 0.328 e. The van der Waals surface area contributed by atoms with Crippen molar-refractivity contribution in [2.75, 3.05) is 26.7 Å². The molecule has 1 aliphatic rings. The Kier molecular flexibility index (Phi) is 5.81. The second kappa shape index (κ2) is 7.84. The molecule has 0 amide bonds. The largest absolute Gasteiger partial charge is 0.492 e. The fourth-order valence-electron chi connectivity index (χ4n) is 2.40. The molecule has 1 aromatic carbocycles. The summed E-state index contributed by atoms with van der Waals surface area (Å²) in [5, 5.41) is 8.62. The second-order valence-corrected chi connectivity index (χ2v) is 5.65. The van der Waals surface area contributed by atoms with Crippen LogP contribution >= 0.6 is 0 Å². The molecule has 0 aliphatic heterocycles. The van der Waals surface area contributed by atoms with Gasteiger partial charge in [-0.2, -0.15) is 0 Å². The number of carboxylic acids is 1. The van der Waals surface area contributed by atoms with Crippen LogP contribution in [0.2, 0.25) is 0 Å². The van der Waals surface area contributed by atoms with Gasteiger partial charge in [0.05, 0.1) is 0 Å². The van der Waals surface area contributed by atoms with Gasteiger partial charge in [0.1, 0.15) is 12.4 Å². The lowest BCUT2D eigenvalue weighted by molar-refractivity contribution is -0.131. The number of benzene rings is 1. The number of aliphatic carboxylic acids is 1. The molecule has 0 spiro atoms. The van der Waals surface area contributed by atoms with Crippen molar-refractivity contribution in [1.82, 2.24) is 4.90 Å². The van der Waals surface area contributed by atoms with Crippen molar-refractivity contribution in [3.05, 3.63) is 35.9 Å². The second-order valence-electron chi connectivity index (χ2n) is 5.65. The first kappa shape index (κ1) is 15.6. The van der Waals surface area contributed by atoms with Gasteiger partial charge in [0.15, 0.2) is 0 Å². The van der Waals surface area contributed by atoms with E-state index in [1.165, 1.54) is 19.3 Å². The zero-order valence-electron chi connectivity index (χ0n) is 12.5. The van der Waals surface area contributed by atoms with Gasteiger partial charge in [0.2, 0.25) is 0 Å². The molecule has 0 atom stereocenters. The van der Waals surface area contributed by atoms with E-state index in [1.54, 1.807) is 6.08 Å². The third-order valence-corrected chi connectivity index (χ3v) is 3.81. The van der Waals surface area contributed by atoms with Crippen LogP contribution in [0.5, 0.6) is 5.75 Å². The number of hydrogen-bond acceptors (Lipinski definition) is 3. The van der Waals surface area contributed by atoms with E-state index in [9.17, 15) is 4.79 Å². The number of rotatable bonds is 8. The van der Waals surface area contributed by atoms with Crippen molar-refractivity contribution in [2.24, 2.45) is 5.92 Å². The molecule has 1 N–H and O–H groups in total. The maximum atomic E-state index is 10.5. The molecule has 1 fully saturated rings. The third kappa shape index (κ3) is 5.60. The lowest BCUT2D eigenvalue weighted by atomic mass is 9.85. The molecule has 0 heterocycles. The van der Waals surface area contributed by atoms with Crippen LogP contribution in [0.1, 0.15) is 24.8 Å². The molecule has 114 valence electrons. The van der Waals surface area contributed by atoms with E-state index in [1.807, 2.05) is 24.3 Å². The summed E-state index contributed by atoms with van der Waals surface area (Å²) in [5.41, 5.74) is 0.831. The summed E-state index contributed by atoms with van der Waals surface area (Å²) in [7, 11) is 2.13. The summed E-state index contributed by atoms with van der Waals surface area (Å²) in [6, 6.07) is 7.47. The molecule has 1 saturated carbocycles. The number of likely N-dealkylation sites (N-methyl/N-ethyl adjacent to an activating group) is 1. The molecule has 4 heteroatoms. The van der Waals surface area contributed by atoms with E-state index >= 15 is 0 Å². The van der Waals surface area contributed by atoms with Crippen LogP contribution < -0.4 is 4.74 Å². The van der Waals surface area contributed by atoms with Gasteiger partial charge in [-0.05, 0) is 49.6 Å². The maximum absolute atomic E-state index is 10.5. The third-order valence-electron chi connectivity index (χ3n) is 3.81. The normalized spacial score (nSPS) is 15.3. The average Bonchev–Trinajstić information content (AvgIpc) is 2.41.